The molecule has 0 radical (unpaired) electrons. The maximum atomic E-state index is 13.4. The molecular formula is C24H28N4O7S2. The summed E-state index contributed by atoms with van der Waals surface area (Å²) in [4.78, 5) is 25.3. The van der Waals surface area contributed by atoms with Gasteiger partial charge in [-0.05, 0) is 23.3 Å². The molecule has 0 aliphatic heterocycles. The summed E-state index contributed by atoms with van der Waals surface area (Å²) in [5, 5.41) is 20.6. The molecule has 0 aliphatic carbocycles. The molecule has 198 valence electrons. The molecule has 0 saturated carbocycles. The van der Waals surface area contributed by atoms with E-state index >= 15 is 0 Å². The lowest BCUT2D eigenvalue weighted by Gasteiger charge is -2.22. The molecular weight excluding hydrogens is 520 g/mol. The first kappa shape index (κ1) is 27.9. The number of alkyl carbamates (subject to hydrolysis) is 1. The smallest absolute Gasteiger partial charge is 0.407 e. The third-order valence-electron chi connectivity index (χ3n) is 5.47. The van der Waals surface area contributed by atoms with Crippen molar-refractivity contribution in [2.75, 3.05) is 11.8 Å². The highest BCUT2D eigenvalue weighted by atomic mass is 32.2. The third kappa shape index (κ3) is 8.17. The lowest BCUT2D eigenvalue weighted by Crippen LogP contribution is -2.50. The number of ether oxygens (including phenoxy) is 1. The van der Waals surface area contributed by atoms with E-state index in [4.69, 9.17) is 4.55 Å². The van der Waals surface area contributed by atoms with Crippen LogP contribution in [0.1, 0.15) is 34.8 Å². The molecule has 4 N–H and O–H groups in total. The number of rotatable bonds is 11. The number of nitrogens with zero attached hydrogens (tertiary/aromatic N) is 1. The summed E-state index contributed by atoms with van der Waals surface area (Å²) in [7, 11) is -3.22. The van der Waals surface area contributed by atoms with E-state index in [9.17, 15) is 23.2 Å². The molecule has 3 aromatic rings. The fourth-order valence-corrected chi connectivity index (χ4v) is 4.99. The van der Waals surface area contributed by atoms with Gasteiger partial charge in [-0.2, -0.15) is 13.1 Å². The summed E-state index contributed by atoms with van der Waals surface area (Å²) in [5.41, 5.74) is 2.00. The van der Waals surface area contributed by atoms with E-state index in [0.717, 1.165) is 10.3 Å². The Balaban J connectivity index is 1.87. The minimum atomic E-state index is -4.42. The SMILES string of the molecule is CCc1scc([C@H](Cc2ccc(NS(=O)(=O)O)cc2)NC(=O)[C@H](Cc2ccccc2)NC(=O)OC)[n+]1[O-]. The minimum absolute atomic E-state index is 0.153. The van der Waals surface area contributed by atoms with Crippen molar-refractivity contribution < 1.29 is 32.0 Å². The van der Waals surface area contributed by atoms with Crippen LogP contribution >= 0.6 is 11.3 Å². The van der Waals surface area contributed by atoms with Gasteiger partial charge in [0.25, 0.3) is 0 Å². The van der Waals surface area contributed by atoms with Crippen molar-refractivity contribution in [3.63, 3.8) is 0 Å². The highest BCUT2D eigenvalue weighted by Gasteiger charge is 2.30. The Morgan fingerprint density at radius 1 is 1.05 bits per heavy atom. The largest absolute Gasteiger partial charge is 0.618 e. The number of hydrogen-bond acceptors (Lipinski definition) is 7. The van der Waals surface area contributed by atoms with Gasteiger partial charge in [-0.15, -0.1) is 0 Å². The van der Waals surface area contributed by atoms with Gasteiger partial charge in [0.15, 0.2) is 0 Å². The number of aromatic nitrogens is 1. The molecule has 1 heterocycles. The van der Waals surface area contributed by atoms with Crippen LogP contribution < -0.4 is 20.1 Å². The van der Waals surface area contributed by atoms with Crippen molar-refractivity contribution in [3.8, 4) is 0 Å². The second kappa shape index (κ2) is 12.5. The van der Waals surface area contributed by atoms with Gasteiger partial charge in [0.1, 0.15) is 12.1 Å². The van der Waals surface area contributed by atoms with Crippen LogP contribution in [0.2, 0.25) is 0 Å². The zero-order chi connectivity index (χ0) is 27.0. The number of hydrogen-bond donors (Lipinski definition) is 4. The van der Waals surface area contributed by atoms with Crippen molar-refractivity contribution in [2.45, 2.75) is 38.3 Å². The summed E-state index contributed by atoms with van der Waals surface area (Å²) in [6, 6.07) is 13.6. The Hall–Kier alpha value is -3.68. The van der Waals surface area contributed by atoms with E-state index in [0.29, 0.717) is 22.7 Å². The van der Waals surface area contributed by atoms with E-state index < -0.39 is 34.4 Å². The van der Waals surface area contributed by atoms with Gasteiger partial charge in [-0.3, -0.25) is 14.1 Å². The second-order valence-corrected chi connectivity index (χ2v) is 10.2. The molecule has 0 fully saturated rings. The highest BCUT2D eigenvalue weighted by Crippen LogP contribution is 2.22. The zero-order valence-corrected chi connectivity index (χ0v) is 21.8. The van der Waals surface area contributed by atoms with Crippen molar-refractivity contribution in [3.05, 3.63) is 87.0 Å². The van der Waals surface area contributed by atoms with Crippen LogP contribution in [-0.4, -0.2) is 38.1 Å². The van der Waals surface area contributed by atoms with Crippen LogP contribution in [0.25, 0.3) is 0 Å². The van der Waals surface area contributed by atoms with Gasteiger partial charge >= 0.3 is 16.4 Å². The molecule has 0 saturated heterocycles. The number of anilines is 1. The van der Waals surface area contributed by atoms with Crippen LogP contribution in [0.5, 0.6) is 0 Å². The maximum absolute atomic E-state index is 13.4. The van der Waals surface area contributed by atoms with E-state index in [-0.39, 0.29) is 18.5 Å². The Morgan fingerprint density at radius 3 is 2.27 bits per heavy atom. The second-order valence-electron chi connectivity index (χ2n) is 8.12. The number of thiazole rings is 1. The molecule has 0 bridgehead atoms. The van der Waals surface area contributed by atoms with E-state index in [1.165, 1.54) is 30.6 Å². The summed E-state index contributed by atoms with van der Waals surface area (Å²) in [6.45, 7) is 1.86. The molecule has 0 spiro atoms. The molecule has 1 aromatic heterocycles. The molecule has 3 rings (SSSR count). The average Bonchev–Trinajstić information content (AvgIpc) is 3.24. The first-order valence-electron chi connectivity index (χ1n) is 11.3. The predicted octanol–water partition coefficient (Wildman–Crippen LogP) is 2.53. The average molecular weight is 549 g/mol. The summed E-state index contributed by atoms with van der Waals surface area (Å²) >= 11 is 1.28. The predicted molar refractivity (Wildman–Crippen MR) is 138 cm³/mol. The first-order valence-corrected chi connectivity index (χ1v) is 13.6. The van der Waals surface area contributed by atoms with Gasteiger partial charge in [0.05, 0.1) is 18.2 Å². The normalized spacial score (nSPS) is 12.8. The number of aryl methyl sites for hydroxylation is 1. The van der Waals surface area contributed by atoms with Gasteiger partial charge < -0.3 is 20.6 Å². The molecule has 2 aromatic carbocycles. The Bertz CT molecular complexity index is 1310. The van der Waals surface area contributed by atoms with E-state index in [2.05, 4.69) is 15.4 Å². The topological polar surface area (TPSA) is 161 Å². The maximum Gasteiger partial charge on any atom is 0.407 e. The Kier molecular flexibility index (Phi) is 9.44. The molecule has 0 unspecified atom stereocenters. The van der Waals surface area contributed by atoms with Crippen LogP contribution in [0, 0.1) is 5.21 Å². The summed E-state index contributed by atoms with van der Waals surface area (Å²) in [6.07, 6.45) is 0.158. The first-order chi connectivity index (χ1) is 17.6. The number of benzene rings is 2. The van der Waals surface area contributed by atoms with E-state index in [1.54, 1.807) is 17.5 Å². The van der Waals surface area contributed by atoms with Crippen LogP contribution in [0.3, 0.4) is 0 Å². The van der Waals surface area contributed by atoms with Crippen molar-refractivity contribution in [1.29, 1.82) is 0 Å². The Labute approximate surface area is 218 Å². The monoisotopic (exact) mass is 548 g/mol. The van der Waals surface area contributed by atoms with Crippen LogP contribution in [-0.2, 0) is 39.1 Å². The molecule has 0 aliphatic rings. The van der Waals surface area contributed by atoms with Gasteiger partial charge in [0.2, 0.25) is 16.6 Å². The van der Waals surface area contributed by atoms with Gasteiger partial charge in [0, 0.05) is 19.3 Å². The van der Waals surface area contributed by atoms with E-state index in [1.807, 2.05) is 42.0 Å². The summed E-state index contributed by atoms with van der Waals surface area (Å²) in [5.74, 6) is -0.506. The number of methoxy groups -OCH3 is 1. The molecule has 11 nitrogen and oxygen atoms in total. The fourth-order valence-electron chi connectivity index (χ4n) is 3.67. The fraction of sp³-hybridized carbons (Fsp3) is 0.292. The van der Waals surface area contributed by atoms with Crippen molar-refractivity contribution in [1.82, 2.24) is 10.6 Å². The minimum Gasteiger partial charge on any atom is -0.618 e. The quantitative estimate of drug-likeness (QED) is 0.163. The highest BCUT2D eigenvalue weighted by molar-refractivity contribution is 7.87. The molecule has 2 atom stereocenters. The van der Waals surface area contributed by atoms with Gasteiger partial charge in [-0.1, -0.05) is 60.7 Å². The standard InChI is InChI=1S/C24H28N4O7S2/c1-3-22-28(31)21(15-36-22)19(13-17-9-11-18(12-10-17)27-37(32,33)34)25-23(29)20(26-24(30)35-2)14-16-7-5-4-6-8-16/h4-12,15,19-20,27H,3,13-14H2,1-2H3,(H,25,29)(H,26,30)(H,32,33,34)/t19-,20-/m0/s1. The lowest BCUT2D eigenvalue weighted by atomic mass is 10.0. The van der Waals surface area contributed by atoms with Crippen LogP contribution in [0.15, 0.2) is 60.0 Å². The molecule has 37 heavy (non-hydrogen) atoms. The summed E-state index contributed by atoms with van der Waals surface area (Å²) < 4.78 is 38.5. The van der Waals surface area contributed by atoms with Crippen molar-refractivity contribution in [2.24, 2.45) is 0 Å². The third-order valence-corrected chi connectivity index (χ3v) is 7.05. The number of carbonyl (C=O) groups is 2. The van der Waals surface area contributed by atoms with Gasteiger partial charge in [-0.25, -0.2) is 4.79 Å². The Morgan fingerprint density at radius 2 is 1.70 bits per heavy atom. The lowest BCUT2D eigenvalue weighted by molar-refractivity contribution is -0.618. The molecule has 2 amide bonds. The zero-order valence-electron chi connectivity index (χ0n) is 20.2. The number of amides is 2. The van der Waals surface area contributed by atoms with Crippen molar-refractivity contribution >= 4 is 39.3 Å². The molecule has 13 heteroatoms. The van der Waals surface area contributed by atoms with Crippen LogP contribution in [0.4, 0.5) is 10.5 Å². The number of carbonyl (C=O) groups excluding carboxylic acids is 2. The number of nitrogens with one attached hydrogen (secondary N) is 3.